The molecule has 0 saturated heterocycles. The van der Waals surface area contributed by atoms with Gasteiger partial charge in [0, 0.05) is 16.3 Å². The lowest BCUT2D eigenvalue weighted by Crippen LogP contribution is -2.03. The molecule has 1 aromatic heterocycles. The van der Waals surface area contributed by atoms with Crippen molar-refractivity contribution in [3.05, 3.63) is 45.1 Å². The summed E-state index contributed by atoms with van der Waals surface area (Å²) in [7, 11) is 0. The molecular weight excluding hydrogens is 295 g/mol. The van der Waals surface area contributed by atoms with Crippen LogP contribution in [0, 0.1) is 5.82 Å². The number of nitrogens with zero attached hydrogens (tertiary/aromatic N) is 2. The van der Waals surface area contributed by atoms with Crippen LogP contribution in [0.3, 0.4) is 0 Å². The quantitative estimate of drug-likeness (QED) is 0.948. The summed E-state index contributed by atoms with van der Waals surface area (Å²) >= 11 is 4.45. The van der Waals surface area contributed by atoms with Crippen LogP contribution in [-0.2, 0) is 6.42 Å². The lowest BCUT2D eigenvalue weighted by molar-refractivity contribution is 0.173. The molecule has 0 saturated carbocycles. The third kappa shape index (κ3) is 2.63. The third-order valence-electron chi connectivity index (χ3n) is 2.15. The molecule has 0 radical (unpaired) electrons. The lowest BCUT2D eigenvalue weighted by atomic mass is 10.1. The van der Waals surface area contributed by atoms with Crippen molar-refractivity contribution < 1.29 is 9.50 Å². The van der Waals surface area contributed by atoms with Crippen molar-refractivity contribution >= 4 is 27.5 Å². The summed E-state index contributed by atoms with van der Waals surface area (Å²) in [6.07, 6.45) is -0.327. The Kier molecular flexibility index (Phi) is 3.63. The van der Waals surface area contributed by atoms with E-state index < -0.39 is 6.10 Å². The SMILES string of the molecule is OC(Cc1ccc(F)cc1Br)c1csnn1. The maximum Gasteiger partial charge on any atom is 0.124 e. The number of aromatic nitrogens is 2. The fourth-order valence-electron chi connectivity index (χ4n) is 1.32. The van der Waals surface area contributed by atoms with Crippen molar-refractivity contribution in [2.45, 2.75) is 12.5 Å². The van der Waals surface area contributed by atoms with E-state index in [0.717, 1.165) is 5.56 Å². The van der Waals surface area contributed by atoms with Gasteiger partial charge in [0.15, 0.2) is 0 Å². The second-order valence-electron chi connectivity index (χ2n) is 3.29. The average Bonchev–Trinajstić information content (AvgIpc) is 2.75. The molecule has 0 bridgehead atoms. The van der Waals surface area contributed by atoms with Crippen LogP contribution in [0.25, 0.3) is 0 Å². The van der Waals surface area contributed by atoms with Crippen molar-refractivity contribution in [3.63, 3.8) is 0 Å². The predicted octanol–water partition coefficient (Wildman–Crippen LogP) is 2.72. The summed E-state index contributed by atoms with van der Waals surface area (Å²) in [6.45, 7) is 0. The van der Waals surface area contributed by atoms with Gasteiger partial charge in [-0.05, 0) is 29.2 Å². The van der Waals surface area contributed by atoms with Gasteiger partial charge >= 0.3 is 0 Å². The van der Waals surface area contributed by atoms with Crippen molar-refractivity contribution in [1.82, 2.24) is 9.59 Å². The Morgan fingerprint density at radius 2 is 2.31 bits per heavy atom. The van der Waals surface area contributed by atoms with Gasteiger partial charge in [-0.25, -0.2) is 4.39 Å². The van der Waals surface area contributed by atoms with Crippen LogP contribution in [0.2, 0.25) is 0 Å². The highest BCUT2D eigenvalue weighted by atomic mass is 79.9. The minimum absolute atomic E-state index is 0.305. The molecule has 1 aromatic carbocycles. The first-order chi connectivity index (χ1) is 7.66. The number of benzene rings is 1. The Morgan fingerprint density at radius 3 is 2.94 bits per heavy atom. The fourth-order valence-corrected chi connectivity index (χ4v) is 2.33. The monoisotopic (exact) mass is 302 g/mol. The zero-order valence-corrected chi connectivity index (χ0v) is 10.5. The Labute approximate surface area is 104 Å². The van der Waals surface area contributed by atoms with Crippen LogP contribution in [0.4, 0.5) is 4.39 Å². The Morgan fingerprint density at radius 1 is 1.50 bits per heavy atom. The first kappa shape index (κ1) is 11.6. The molecule has 84 valence electrons. The van der Waals surface area contributed by atoms with Gasteiger partial charge in [-0.2, -0.15) is 0 Å². The fraction of sp³-hybridized carbons (Fsp3) is 0.200. The van der Waals surface area contributed by atoms with Crippen LogP contribution in [-0.4, -0.2) is 14.7 Å². The molecule has 1 atom stereocenters. The Balaban J connectivity index is 2.15. The highest BCUT2D eigenvalue weighted by molar-refractivity contribution is 9.10. The average molecular weight is 303 g/mol. The van der Waals surface area contributed by atoms with E-state index in [-0.39, 0.29) is 5.82 Å². The first-order valence-corrected chi connectivity index (χ1v) is 6.18. The van der Waals surface area contributed by atoms with Crippen LogP contribution < -0.4 is 0 Å². The zero-order chi connectivity index (χ0) is 11.5. The van der Waals surface area contributed by atoms with Crippen molar-refractivity contribution in [1.29, 1.82) is 0 Å². The van der Waals surface area contributed by atoms with Crippen LogP contribution in [0.5, 0.6) is 0 Å². The van der Waals surface area contributed by atoms with Gasteiger partial charge in [-0.3, -0.25) is 0 Å². The van der Waals surface area contributed by atoms with E-state index in [9.17, 15) is 9.50 Å². The molecule has 1 unspecified atom stereocenters. The number of hydrogen-bond donors (Lipinski definition) is 1. The van der Waals surface area contributed by atoms with Crippen LogP contribution in [0.15, 0.2) is 28.1 Å². The molecule has 16 heavy (non-hydrogen) atoms. The lowest BCUT2D eigenvalue weighted by Gasteiger charge is -2.08. The van der Waals surface area contributed by atoms with Gasteiger partial charge in [0.25, 0.3) is 0 Å². The second kappa shape index (κ2) is 4.99. The van der Waals surface area contributed by atoms with Gasteiger partial charge in [-0.1, -0.05) is 26.5 Å². The predicted molar refractivity (Wildman–Crippen MR) is 62.7 cm³/mol. The smallest absolute Gasteiger partial charge is 0.124 e. The summed E-state index contributed by atoms with van der Waals surface area (Å²) in [5.74, 6) is -0.305. The zero-order valence-electron chi connectivity index (χ0n) is 8.10. The standard InChI is InChI=1S/C10H8BrFN2OS/c11-8-4-7(12)2-1-6(8)3-10(15)9-5-16-14-13-9/h1-2,4-5,10,15H,3H2. The van der Waals surface area contributed by atoms with Gasteiger partial charge in [-0.15, -0.1) is 5.10 Å². The molecule has 0 aliphatic rings. The minimum Gasteiger partial charge on any atom is -0.386 e. The molecule has 0 aliphatic heterocycles. The molecule has 0 spiro atoms. The summed E-state index contributed by atoms with van der Waals surface area (Å²) < 4.78 is 17.2. The van der Waals surface area contributed by atoms with E-state index in [4.69, 9.17) is 0 Å². The van der Waals surface area contributed by atoms with E-state index in [1.165, 1.54) is 23.7 Å². The molecule has 0 amide bonds. The van der Waals surface area contributed by atoms with Crippen LogP contribution >= 0.6 is 27.5 Å². The first-order valence-electron chi connectivity index (χ1n) is 4.56. The van der Waals surface area contributed by atoms with Crippen LogP contribution in [0.1, 0.15) is 17.4 Å². The Hall–Kier alpha value is -0.850. The second-order valence-corrected chi connectivity index (χ2v) is 4.75. The van der Waals surface area contributed by atoms with Crippen molar-refractivity contribution in [2.75, 3.05) is 0 Å². The number of aliphatic hydroxyl groups excluding tert-OH is 1. The molecule has 2 aromatic rings. The number of halogens is 2. The maximum atomic E-state index is 12.8. The van der Waals surface area contributed by atoms with E-state index in [0.29, 0.717) is 16.6 Å². The van der Waals surface area contributed by atoms with Gasteiger partial charge in [0.05, 0.1) is 0 Å². The summed E-state index contributed by atoms with van der Waals surface area (Å²) in [5, 5.41) is 15.3. The van der Waals surface area contributed by atoms with Gasteiger partial charge in [0.1, 0.15) is 17.6 Å². The Bertz CT molecular complexity index is 478. The minimum atomic E-state index is -0.708. The molecule has 1 heterocycles. The summed E-state index contributed by atoms with van der Waals surface area (Å²) in [6, 6.07) is 4.38. The van der Waals surface area contributed by atoms with E-state index in [1.807, 2.05) is 0 Å². The number of hydrogen-bond acceptors (Lipinski definition) is 4. The topological polar surface area (TPSA) is 46.0 Å². The van der Waals surface area contributed by atoms with E-state index in [2.05, 4.69) is 25.5 Å². The molecule has 6 heteroatoms. The molecule has 0 fully saturated rings. The van der Waals surface area contributed by atoms with E-state index in [1.54, 1.807) is 11.4 Å². The van der Waals surface area contributed by atoms with Crippen molar-refractivity contribution in [3.8, 4) is 0 Å². The largest absolute Gasteiger partial charge is 0.386 e. The van der Waals surface area contributed by atoms with Gasteiger partial charge in [0.2, 0.25) is 0 Å². The highest BCUT2D eigenvalue weighted by Crippen LogP contribution is 2.24. The molecule has 0 aliphatic carbocycles. The van der Waals surface area contributed by atoms with Gasteiger partial charge < -0.3 is 5.11 Å². The molecular formula is C10H8BrFN2OS. The molecule has 3 nitrogen and oxygen atoms in total. The highest BCUT2D eigenvalue weighted by Gasteiger charge is 2.13. The summed E-state index contributed by atoms with van der Waals surface area (Å²) in [5.41, 5.74) is 1.38. The molecule has 2 rings (SSSR count). The summed E-state index contributed by atoms with van der Waals surface area (Å²) in [4.78, 5) is 0. The normalized spacial score (nSPS) is 12.7. The number of aliphatic hydroxyl groups is 1. The number of rotatable bonds is 3. The van der Waals surface area contributed by atoms with Crippen molar-refractivity contribution in [2.24, 2.45) is 0 Å². The maximum absolute atomic E-state index is 12.8. The van der Waals surface area contributed by atoms with E-state index >= 15 is 0 Å². The molecule has 1 N–H and O–H groups in total. The third-order valence-corrected chi connectivity index (χ3v) is 3.41.